The number of carbonyl (C=O) groups excluding carboxylic acids is 1. The van der Waals surface area contributed by atoms with Gasteiger partial charge in [-0.05, 0) is 52.4 Å². The van der Waals surface area contributed by atoms with Gasteiger partial charge < -0.3 is 14.7 Å². The summed E-state index contributed by atoms with van der Waals surface area (Å²) in [4.78, 5) is 14.2. The number of aliphatic hydroxyl groups is 1. The van der Waals surface area contributed by atoms with Crippen LogP contribution in [-0.4, -0.2) is 40.4 Å². The molecule has 1 atom stereocenters. The first-order chi connectivity index (χ1) is 10.2. The minimum atomic E-state index is -0.729. The molecule has 2 aliphatic rings. The van der Waals surface area contributed by atoms with Gasteiger partial charge in [-0.3, -0.25) is 0 Å². The molecule has 2 rings (SSSR count). The highest BCUT2D eigenvalue weighted by molar-refractivity contribution is 5.68. The molecule has 0 aromatic heterocycles. The molecule has 0 aliphatic heterocycles. The molecule has 0 aromatic rings. The zero-order chi connectivity index (χ0) is 16.4. The van der Waals surface area contributed by atoms with Crippen LogP contribution >= 0.6 is 0 Å². The first kappa shape index (κ1) is 17.6. The summed E-state index contributed by atoms with van der Waals surface area (Å²) >= 11 is 0. The predicted octanol–water partition coefficient (Wildman–Crippen LogP) is 4.11. The third-order valence-corrected chi connectivity index (χ3v) is 5.22. The van der Waals surface area contributed by atoms with Crippen molar-refractivity contribution < 1.29 is 14.6 Å². The average molecular weight is 311 g/mol. The van der Waals surface area contributed by atoms with E-state index in [2.05, 4.69) is 0 Å². The van der Waals surface area contributed by atoms with Crippen LogP contribution in [0.4, 0.5) is 4.79 Å². The molecule has 0 radical (unpaired) electrons. The molecule has 1 unspecified atom stereocenters. The highest BCUT2D eigenvalue weighted by Crippen LogP contribution is 2.42. The van der Waals surface area contributed by atoms with Gasteiger partial charge in [-0.1, -0.05) is 32.1 Å². The third-order valence-electron chi connectivity index (χ3n) is 5.22. The maximum absolute atomic E-state index is 12.5. The number of nitrogens with zero attached hydrogens (tertiary/aromatic N) is 1. The van der Waals surface area contributed by atoms with Crippen molar-refractivity contribution in [2.75, 3.05) is 7.05 Å². The number of rotatable bonds is 3. The van der Waals surface area contributed by atoms with E-state index < -0.39 is 11.2 Å². The Morgan fingerprint density at radius 2 is 1.68 bits per heavy atom. The SMILES string of the molecule is CN(C(=O)OC(C)(C)C)C(C1CCCCC1)C1(O)CCCC1. The van der Waals surface area contributed by atoms with Crippen molar-refractivity contribution in [3.8, 4) is 0 Å². The van der Waals surface area contributed by atoms with E-state index in [0.717, 1.165) is 38.5 Å². The lowest BCUT2D eigenvalue weighted by Gasteiger charge is -2.45. The average Bonchev–Trinajstić information content (AvgIpc) is 2.85. The highest BCUT2D eigenvalue weighted by Gasteiger charge is 2.47. The molecule has 2 fully saturated rings. The molecule has 4 nitrogen and oxygen atoms in total. The van der Waals surface area contributed by atoms with E-state index >= 15 is 0 Å². The van der Waals surface area contributed by atoms with Crippen LogP contribution in [0.25, 0.3) is 0 Å². The van der Waals surface area contributed by atoms with Crippen LogP contribution in [0.1, 0.15) is 78.6 Å². The number of carbonyl (C=O) groups is 1. The van der Waals surface area contributed by atoms with Crippen LogP contribution in [0.3, 0.4) is 0 Å². The standard InChI is InChI=1S/C18H33NO3/c1-17(2,3)22-16(20)19(4)15(14-10-6-5-7-11-14)18(21)12-8-9-13-18/h14-15,21H,5-13H2,1-4H3. The molecule has 128 valence electrons. The van der Waals surface area contributed by atoms with Gasteiger partial charge in [0.25, 0.3) is 0 Å². The fraction of sp³-hybridized carbons (Fsp3) is 0.944. The van der Waals surface area contributed by atoms with Crippen molar-refractivity contribution in [1.82, 2.24) is 4.90 Å². The second-order valence-corrected chi connectivity index (χ2v) is 8.24. The minimum Gasteiger partial charge on any atom is -0.444 e. The zero-order valence-electron chi connectivity index (χ0n) is 14.7. The van der Waals surface area contributed by atoms with Crippen molar-refractivity contribution in [2.24, 2.45) is 5.92 Å². The molecule has 1 amide bonds. The Morgan fingerprint density at radius 1 is 1.14 bits per heavy atom. The van der Waals surface area contributed by atoms with Crippen molar-refractivity contribution in [3.05, 3.63) is 0 Å². The van der Waals surface area contributed by atoms with E-state index in [1.165, 1.54) is 19.3 Å². The maximum Gasteiger partial charge on any atom is 0.410 e. The molecular formula is C18H33NO3. The third kappa shape index (κ3) is 4.15. The molecule has 0 bridgehead atoms. The van der Waals surface area contributed by atoms with Crippen molar-refractivity contribution in [2.45, 2.75) is 95.8 Å². The van der Waals surface area contributed by atoms with Gasteiger partial charge in [-0.25, -0.2) is 4.79 Å². The summed E-state index contributed by atoms with van der Waals surface area (Å²) in [6.45, 7) is 5.66. The molecule has 1 N–H and O–H groups in total. The van der Waals surface area contributed by atoms with Crippen molar-refractivity contribution in [3.63, 3.8) is 0 Å². The first-order valence-electron chi connectivity index (χ1n) is 8.91. The van der Waals surface area contributed by atoms with Gasteiger partial charge in [0.05, 0.1) is 11.6 Å². The van der Waals surface area contributed by atoms with Gasteiger partial charge in [0.15, 0.2) is 0 Å². The summed E-state index contributed by atoms with van der Waals surface area (Å²) in [5.41, 5.74) is -1.23. The number of amides is 1. The molecule has 0 aromatic carbocycles. The molecule has 0 spiro atoms. The quantitative estimate of drug-likeness (QED) is 0.853. The summed E-state index contributed by atoms with van der Waals surface area (Å²) < 4.78 is 5.55. The number of hydrogen-bond acceptors (Lipinski definition) is 3. The lowest BCUT2D eigenvalue weighted by atomic mass is 9.75. The monoisotopic (exact) mass is 311 g/mol. The molecule has 2 saturated carbocycles. The topological polar surface area (TPSA) is 49.8 Å². The minimum absolute atomic E-state index is 0.106. The normalized spacial score (nSPS) is 24.0. The van der Waals surface area contributed by atoms with Gasteiger partial charge in [-0.15, -0.1) is 0 Å². The molecule has 0 heterocycles. The zero-order valence-corrected chi connectivity index (χ0v) is 14.7. The van der Waals surface area contributed by atoms with Gasteiger partial charge in [0, 0.05) is 7.05 Å². The second-order valence-electron chi connectivity index (χ2n) is 8.24. The Labute approximate surface area is 135 Å². The number of hydrogen-bond donors (Lipinski definition) is 1. The smallest absolute Gasteiger partial charge is 0.410 e. The van der Waals surface area contributed by atoms with E-state index in [1.807, 2.05) is 27.8 Å². The van der Waals surface area contributed by atoms with Crippen LogP contribution in [-0.2, 0) is 4.74 Å². The molecule has 2 aliphatic carbocycles. The fourth-order valence-electron chi connectivity index (χ4n) is 4.30. The van der Waals surface area contributed by atoms with E-state index in [-0.39, 0.29) is 12.1 Å². The number of ether oxygens (including phenoxy) is 1. The van der Waals surface area contributed by atoms with Gasteiger partial charge in [-0.2, -0.15) is 0 Å². The highest BCUT2D eigenvalue weighted by atomic mass is 16.6. The van der Waals surface area contributed by atoms with Gasteiger partial charge in [0.1, 0.15) is 5.60 Å². The maximum atomic E-state index is 12.5. The van der Waals surface area contributed by atoms with E-state index in [0.29, 0.717) is 5.92 Å². The van der Waals surface area contributed by atoms with Crippen LogP contribution in [0.15, 0.2) is 0 Å². The molecule has 0 saturated heterocycles. The van der Waals surface area contributed by atoms with E-state index in [4.69, 9.17) is 4.74 Å². The Morgan fingerprint density at radius 3 is 2.18 bits per heavy atom. The van der Waals surface area contributed by atoms with Crippen LogP contribution in [0.2, 0.25) is 0 Å². The first-order valence-corrected chi connectivity index (χ1v) is 8.91. The molecular weight excluding hydrogens is 278 g/mol. The predicted molar refractivity (Wildman–Crippen MR) is 87.8 cm³/mol. The van der Waals surface area contributed by atoms with Crippen LogP contribution < -0.4 is 0 Å². The van der Waals surface area contributed by atoms with Crippen molar-refractivity contribution in [1.29, 1.82) is 0 Å². The fourth-order valence-corrected chi connectivity index (χ4v) is 4.30. The molecule has 4 heteroatoms. The largest absolute Gasteiger partial charge is 0.444 e. The van der Waals surface area contributed by atoms with Crippen LogP contribution in [0.5, 0.6) is 0 Å². The summed E-state index contributed by atoms with van der Waals surface area (Å²) in [7, 11) is 1.81. The summed E-state index contributed by atoms with van der Waals surface area (Å²) in [6.07, 6.45) is 9.34. The van der Waals surface area contributed by atoms with Crippen LogP contribution in [0, 0.1) is 5.92 Å². The lowest BCUT2D eigenvalue weighted by molar-refractivity contribution is -0.0706. The van der Waals surface area contributed by atoms with Crippen molar-refractivity contribution >= 4 is 6.09 Å². The summed E-state index contributed by atoms with van der Waals surface area (Å²) in [5.74, 6) is 0.398. The summed E-state index contributed by atoms with van der Waals surface area (Å²) in [6, 6.07) is -0.106. The Hall–Kier alpha value is -0.770. The number of likely N-dealkylation sites (N-methyl/N-ethyl adjacent to an activating group) is 1. The molecule has 22 heavy (non-hydrogen) atoms. The Bertz CT molecular complexity index is 376. The van der Waals surface area contributed by atoms with E-state index in [9.17, 15) is 9.90 Å². The van der Waals surface area contributed by atoms with Gasteiger partial charge >= 0.3 is 6.09 Å². The van der Waals surface area contributed by atoms with E-state index in [1.54, 1.807) is 4.90 Å². The Kier molecular flexibility index (Phi) is 5.41. The van der Waals surface area contributed by atoms with Gasteiger partial charge in [0.2, 0.25) is 0 Å². The Balaban J connectivity index is 2.17. The lowest BCUT2D eigenvalue weighted by Crippen LogP contribution is -2.57. The summed E-state index contributed by atoms with van der Waals surface area (Å²) in [5, 5.41) is 11.2. The second kappa shape index (κ2) is 6.77.